The fourth-order valence-electron chi connectivity index (χ4n) is 3.30. The van der Waals surface area contributed by atoms with Gasteiger partial charge in [0.05, 0.1) is 31.2 Å². The van der Waals surface area contributed by atoms with E-state index in [0.29, 0.717) is 17.1 Å². The molecule has 3 aromatic carbocycles. The molecule has 4 aromatic rings. The summed E-state index contributed by atoms with van der Waals surface area (Å²) in [5.41, 5.74) is 4.04. The van der Waals surface area contributed by atoms with Gasteiger partial charge in [-0.15, -0.1) is 0 Å². The van der Waals surface area contributed by atoms with Gasteiger partial charge >= 0.3 is 0 Å². The summed E-state index contributed by atoms with van der Waals surface area (Å²) >= 11 is 0. The van der Waals surface area contributed by atoms with E-state index < -0.39 is 0 Å². The number of ether oxygens (including phenoxy) is 2. The summed E-state index contributed by atoms with van der Waals surface area (Å²) in [6, 6.07) is 24.9. The Labute approximate surface area is 181 Å². The molecule has 0 aliphatic rings. The quantitative estimate of drug-likeness (QED) is 0.300. The number of ketones is 1. The van der Waals surface area contributed by atoms with Crippen molar-refractivity contribution in [3.8, 4) is 28.4 Å². The average molecular weight is 410 g/mol. The number of aromatic nitrogens is 2. The van der Waals surface area contributed by atoms with Crippen molar-refractivity contribution < 1.29 is 14.3 Å². The summed E-state index contributed by atoms with van der Waals surface area (Å²) < 4.78 is 12.4. The summed E-state index contributed by atoms with van der Waals surface area (Å²) in [5.74, 6) is 0.941. The minimum Gasteiger partial charge on any atom is -0.497 e. The first kappa shape index (κ1) is 20.2. The topological polar surface area (TPSA) is 53.4 Å². The highest BCUT2D eigenvalue weighted by molar-refractivity contribution is 6.09. The number of nitrogens with zero attached hydrogens (tertiary/aromatic N) is 2. The number of benzene rings is 3. The third-order valence-electron chi connectivity index (χ3n) is 4.90. The molecule has 0 aliphatic carbocycles. The summed E-state index contributed by atoms with van der Waals surface area (Å²) in [5, 5.41) is 4.77. The van der Waals surface area contributed by atoms with E-state index >= 15 is 0 Å². The van der Waals surface area contributed by atoms with Gasteiger partial charge in [-0.05, 0) is 36.4 Å². The van der Waals surface area contributed by atoms with Crippen molar-refractivity contribution in [2.24, 2.45) is 0 Å². The third-order valence-corrected chi connectivity index (χ3v) is 4.90. The third kappa shape index (κ3) is 4.41. The van der Waals surface area contributed by atoms with Crippen LogP contribution >= 0.6 is 0 Å². The van der Waals surface area contributed by atoms with Crippen LogP contribution in [0.2, 0.25) is 0 Å². The van der Waals surface area contributed by atoms with E-state index in [-0.39, 0.29) is 5.78 Å². The Morgan fingerprint density at radius 3 is 2.29 bits per heavy atom. The van der Waals surface area contributed by atoms with E-state index in [1.165, 1.54) is 7.11 Å². The molecule has 0 amide bonds. The van der Waals surface area contributed by atoms with Crippen LogP contribution in [0.5, 0.6) is 11.5 Å². The number of hydrogen-bond acceptors (Lipinski definition) is 4. The van der Waals surface area contributed by atoms with Gasteiger partial charge in [0.2, 0.25) is 0 Å². The van der Waals surface area contributed by atoms with Crippen molar-refractivity contribution in [2.45, 2.75) is 0 Å². The van der Waals surface area contributed by atoms with Crippen LogP contribution < -0.4 is 9.47 Å². The van der Waals surface area contributed by atoms with Crippen LogP contribution in [-0.4, -0.2) is 29.8 Å². The molecule has 0 saturated carbocycles. The molecule has 5 nitrogen and oxygen atoms in total. The molecule has 0 atom stereocenters. The minimum atomic E-state index is -0.161. The fraction of sp³-hybridized carbons (Fsp3) is 0.0769. The van der Waals surface area contributed by atoms with Gasteiger partial charge in [0.1, 0.15) is 11.5 Å². The minimum absolute atomic E-state index is 0.161. The first-order chi connectivity index (χ1) is 15.2. The molecule has 0 aliphatic heterocycles. The maximum absolute atomic E-state index is 12.9. The second-order valence-corrected chi connectivity index (χ2v) is 6.84. The lowest BCUT2D eigenvalue weighted by Gasteiger charge is -2.07. The zero-order chi connectivity index (χ0) is 21.6. The molecule has 31 heavy (non-hydrogen) atoms. The monoisotopic (exact) mass is 410 g/mol. The summed E-state index contributed by atoms with van der Waals surface area (Å²) in [4.78, 5) is 12.9. The highest BCUT2D eigenvalue weighted by Gasteiger charge is 2.13. The van der Waals surface area contributed by atoms with E-state index in [1.807, 2.05) is 71.5 Å². The predicted octanol–water partition coefficient (Wildman–Crippen LogP) is 5.45. The van der Waals surface area contributed by atoms with Gasteiger partial charge in [-0.1, -0.05) is 48.5 Å². The van der Waals surface area contributed by atoms with Crippen molar-refractivity contribution in [1.82, 2.24) is 9.78 Å². The first-order valence-electron chi connectivity index (χ1n) is 9.84. The summed E-state index contributed by atoms with van der Waals surface area (Å²) in [7, 11) is 3.11. The van der Waals surface area contributed by atoms with Crippen molar-refractivity contribution in [3.63, 3.8) is 0 Å². The van der Waals surface area contributed by atoms with Crippen LogP contribution in [0.3, 0.4) is 0 Å². The molecule has 0 unspecified atom stereocenters. The summed E-state index contributed by atoms with van der Waals surface area (Å²) in [6.07, 6.45) is 5.26. The second-order valence-electron chi connectivity index (χ2n) is 6.84. The van der Waals surface area contributed by atoms with Gasteiger partial charge in [-0.3, -0.25) is 4.79 Å². The van der Waals surface area contributed by atoms with Crippen LogP contribution in [0.1, 0.15) is 15.9 Å². The van der Waals surface area contributed by atoms with E-state index in [4.69, 9.17) is 14.6 Å². The Hall–Kier alpha value is -4.12. The maximum Gasteiger partial charge on any atom is 0.189 e. The van der Waals surface area contributed by atoms with Crippen LogP contribution in [0.15, 0.2) is 91.1 Å². The zero-order valence-corrected chi connectivity index (χ0v) is 17.4. The standard InChI is InChI=1S/C26H22N2O3/c1-30-22-14-15-23(25(17-22)31-2)24(29)16-13-20-18-28(21-11-7-4-8-12-21)27-26(20)19-9-5-3-6-10-19/h3-18H,1-2H3/b16-13+. The first-order valence-corrected chi connectivity index (χ1v) is 9.84. The Balaban J connectivity index is 1.71. The molecule has 1 aromatic heterocycles. The van der Waals surface area contributed by atoms with Gasteiger partial charge in [-0.25, -0.2) is 4.68 Å². The Morgan fingerprint density at radius 2 is 1.61 bits per heavy atom. The number of hydrogen-bond donors (Lipinski definition) is 0. The molecule has 1 heterocycles. The SMILES string of the molecule is COc1ccc(C(=O)/C=C/c2cn(-c3ccccc3)nc2-c2ccccc2)c(OC)c1. The zero-order valence-electron chi connectivity index (χ0n) is 17.4. The number of allylic oxidation sites excluding steroid dienone is 1. The lowest BCUT2D eigenvalue weighted by atomic mass is 10.1. The highest BCUT2D eigenvalue weighted by atomic mass is 16.5. The van der Waals surface area contributed by atoms with E-state index in [0.717, 1.165) is 22.5 Å². The molecule has 0 saturated heterocycles. The average Bonchev–Trinajstić information content (AvgIpc) is 3.27. The van der Waals surface area contributed by atoms with Crippen LogP contribution in [0, 0.1) is 0 Å². The fourth-order valence-corrected chi connectivity index (χ4v) is 3.30. The van der Waals surface area contributed by atoms with Crippen molar-refractivity contribution in [1.29, 1.82) is 0 Å². The van der Waals surface area contributed by atoms with Crippen molar-refractivity contribution >= 4 is 11.9 Å². The number of methoxy groups -OCH3 is 2. The Kier molecular flexibility index (Phi) is 5.94. The molecule has 0 fully saturated rings. The van der Waals surface area contributed by atoms with E-state index in [2.05, 4.69) is 0 Å². The maximum atomic E-state index is 12.9. The van der Waals surface area contributed by atoms with Crippen LogP contribution in [0.4, 0.5) is 0 Å². The van der Waals surface area contributed by atoms with Crippen molar-refractivity contribution in [2.75, 3.05) is 14.2 Å². The molecule has 0 N–H and O–H groups in total. The highest BCUT2D eigenvalue weighted by Crippen LogP contribution is 2.27. The van der Waals surface area contributed by atoms with Gasteiger partial charge in [-0.2, -0.15) is 5.10 Å². The molecule has 5 heteroatoms. The number of carbonyl (C=O) groups is 1. The number of rotatable bonds is 7. The molecule has 0 spiro atoms. The predicted molar refractivity (Wildman–Crippen MR) is 122 cm³/mol. The van der Waals surface area contributed by atoms with E-state index in [9.17, 15) is 4.79 Å². The van der Waals surface area contributed by atoms with Gasteiger partial charge in [0.15, 0.2) is 5.78 Å². The molecule has 0 bridgehead atoms. The van der Waals surface area contributed by atoms with Gasteiger partial charge in [0.25, 0.3) is 0 Å². The molecule has 0 radical (unpaired) electrons. The lowest BCUT2D eigenvalue weighted by Crippen LogP contribution is -1.99. The second kappa shape index (κ2) is 9.13. The summed E-state index contributed by atoms with van der Waals surface area (Å²) in [6.45, 7) is 0. The lowest BCUT2D eigenvalue weighted by molar-refractivity contribution is 0.104. The van der Waals surface area contributed by atoms with Crippen LogP contribution in [0.25, 0.3) is 23.0 Å². The van der Waals surface area contributed by atoms with Crippen LogP contribution in [-0.2, 0) is 0 Å². The molecular formula is C26H22N2O3. The smallest absolute Gasteiger partial charge is 0.189 e. The van der Waals surface area contributed by atoms with Gasteiger partial charge < -0.3 is 9.47 Å². The van der Waals surface area contributed by atoms with E-state index in [1.54, 1.807) is 37.5 Å². The Bertz CT molecular complexity index is 1210. The normalized spacial score (nSPS) is 10.9. The van der Waals surface area contributed by atoms with Crippen molar-refractivity contribution in [3.05, 3.63) is 102 Å². The number of carbonyl (C=O) groups excluding carboxylic acids is 1. The molecule has 4 rings (SSSR count). The number of para-hydroxylation sites is 1. The van der Waals surface area contributed by atoms with Gasteiger partial charge in [0, 0.05) is 23.4 Å². The molecular weight excluding hydrogens is 388 g/mol. The Morgan fingerprint density at radius 1 is 0.903 bits per heavy atom. The largest absolute Gasteiger partial charge is 0.497 e. The molecule has 154 valence electrons.